The molecule has 2 fully saturated rings. The number of hydrogen-bond acceptors (Lipinski definition) is 10. The molecule has 2 aliphatic rings. The topological polar surface area (TPSA) is 193 Å². The SMILES string of the molecule is COc1cc(C(=O)N[C@@H]2[C@@H](O)[C@H](O)[C@@H](CO)O[C@@H]2O)ccc1NC(=O)[C@@H]1N[C@@H](CC(C)(C)C)[C@](C#N)(c2ccc(Cl)cc2F)[C@H]1c1cccc(Cl)c1F. The van der Waals surface area contributed by atoms with Crippen molar-refractivity contribution >= 4 is 40.7 Å². The highest BCUT2D eigenvalue weighted by Gasteiger charge is 2.61. The third-order valence-corrected chi connectivity index (χ3v) is 10.2. The maximum atomic E-state index is 16.0. The van der Waals surface area contributed by atoms with Gasteiger partial charge in [0.2, 0.25) is 5.91 Å². The number of nitrogens with zero attached hydrogens (tertiary/aromatic N) is 1. The number of halogens is 4. The minimum atomic E-state index is -1.86. The summed E-state index contributed by atoms with van der Waals surface area (Å²) in [5.41, 5.74) is -2.46. The van der Waals surface area contributed by atoms with Crippen LogP contribution in [0.4, 0.5) is 14.5 Å². The van der Waals surface area contributed by atoms with Crippen LogP contribution in [-0.4, -0.2) is 88.7 Å². The number of hydrogen-bond donors (Lipinski definition) is 7. The number of anilines is 1. The predicted octanol–water partition coefficient (Wildman–Crippen LogP) is 3.77. The zero-order valence-electron chi connectivity index (χ0n) is 29.1. The van der Waals surface area contributed by atoms with Crippen LogP contribution in [0.2, 0.25) is 10.0 Å². The number of carbonyl (C=O) groups is 2. The molecule has 0 spiro atoms. The highest BCUT2D eigenvalue weighted by atomic mass is 35.5. The van der Waals surface area contributed by atoms with E-state index in [1.807, 2.05) is 20.8 Å². The summed E-state index contributed by atoms with van der Waals surface area (Å²) in [6, 6.07) is 10.5. The first-order valence-electron chi connectivity index (χ1n) is 16.6. The first-order chi connectivity index (χ1) is 25.0. The summed E-state index contributed by atoms with van der Waals surface area (Å²) in [7, 11) is 1.28. The lowest BCUT2D eigenvalue weighted by molar-refractivity contribution is -0.252. The Bertz CT molecular complexity index is 1910. The molecule has 0 unspecified atom stereocenters. The smallest absolute Gasteiger partial charge is 0.251 e. The Hall–Kier alpha value is -3.91. The van der Waals surface area contributed by atoms with Gasteiger partial charge in [-0.1, -0.05) is 62.2 Å². The van der Waals surface area contributed by atoms with Gasteiger partial charge in [-0.3, -0.25) is 9.59 Å². The minimum Gasteiger partial charge on any atom is -0.495 e. The average molecular weight is 778 g/mol. The van der Waals surface area contributed by atoms with E-state index in [1.54, 1.807) is 0 Å². The lowest BCUT2D eigenvalue weighted by atomic mass is 9.62. The van der Waals surface area contributed by atoms with Crippen LogP contribution in [-0.2, 0) is 14.9 Å². The fraction of sp³-hybridized carbons (Fsp3) is 0.432. The summed E-state index contributed by atoms with van der Waals surface area (Å²) in [6.07, 6.45) is -6.05. The number of nitrogens with one attached hydrogen (secondary N) is 3. The van der Waals surface area contributed by atoms with Crippen molar-refractivity contribution in [2.75, 3.05) is 19.0 Å². The number of aliphatic hydroxyl groups excluding tert-OH is 4. The number of rotatable bonds is 9. The van der Waals surface area contributed by atoms with E-state index >= 15 is 8.78 Å². The van der Waals surface area contributed by atoms with Gasteiger partial charge in [0.1, 0.15) is 47.2 Å². The monoisotopic (exact) mass is 776 g/mol. The second-order valence-corrected chi connectivity index (χ2v) is 15.2. The summed E-state index contributed by atoms with van der Waals surface area (Å²) >= 11 is 12.3. The number of amides is 2. The normalized spacial score (nSPS) is 28.6. The lowest BCUT2D eigenvalue weighted by Gasteiger charge is -2.40. The molecular weight excluding hydrogens is 737 g/mol. The maximum absolute atomic E-state index is 16.0. The first-order valence-corrected chi connectivity index (χ1v) is 17.4. The van der Waals surface area contributed by atoms with Gasteiger partial charge in [0.25, 0.3) is 5.91 Å². The molecule has 53 heavy (non-hydrogen) atoms. The van der Waals surface area contributed by atoms with E-state index in [4.69, 9.17) is 32.7 Å². The molecule has 2 saturated heterocycles. The molecule has 5 rings (SSSR count). The van der Waals surface area contributed by atoms with Crippen LogP contribution in [0.5, 0.6) is 5.75 Å². The van der Waals surface area contributed by atoms with Crippen molar-refractivity contribution in [2.24, 2.45) is 5.41 Å². The molecule has 0 aliphatic carbocycles. The summed E-state index contributed by atoms with van der Waals surface area (Å²) in [4.78, 5) is 27.6. The molecule has 9 atom stereocenters. The molecule has 7 N–H and O–H groups in total. The molecule has 0 aromatic heterocycles. The molecule has 2 aliphatic heterocycles. The van der Waals surface area contributed by atoms with Crippen LogP contribution in [0.25, 0.3) is 0 Å². The molecule has 0 bridgehead atoms. The third-order valence-electron chi connectivity index (χ3n) is 9.65. The number of nitriles is 1. The molecular formula is C37H40Cl2F2N4O8. The minimum absolute atomic E-state index is 0.00242. The number of aliphatic hydroxyl groups is 4. The predicted molar refractivity (Wildman–Crippen MR) is 190 cm³/mol. The highest BCUT2D eigenvalue weighted by molar-refractivity contribution is 6.31. The highest BCUT2D eigenvalue weighted by Crippen LogP contribution is 2.53. The van der Waals surface area contributed by atoms with Gasteiger partial charge in [-0.2, -0.15) is 5.26 Å². The number of carbonyl (C=O) groups excluding carboxylic acids is 2. The van der Waals surface area contributed by atoms with Crippen LogP contribution in [0.1, 0.15) is 54.6 Å². The van der Waals surface area contributed by atoms with E-state index in [9.17, 15) is 35.3 Å². The van der Waals surface area contributed by atoms with E-state index in [1.165, 1.54) is 55.6 Å². The second-order valence-electron chi connectivity index (χ2n) is 14.3. The fourth-order valence-corrected chi connectivity index (χ4v) is 7.53. The standard InChI is InChI=1S/C37H40Cl2F2N4O8/c1-36(2,3)14-26-37(16-42,20-10-9-18(38)13-22(20)40)27(19-6-5-7-21(39)28(19)41)29(44-26)34(50)43-23-11-8-17(12-24(23)52-4)33(49)45-30-32(48)31(47)25(15-46)53-35(30)51/h5-13,25-27,29-32,35,44,46-48,51H,14-15H2,1-4H3,(H,43,50)(H,45,49)/t25-,26+,27+,29-,30-,31-,32-,35+,37+/m1/s1. The summed E-state index contributed by atoms with van der Waals surface area (Å²) in [5.74, 6) is -4.58. The molecule has 3 aromatic rings. The first kappa shape index (κ1) is 40.3. The average Bonchev–Trinajstić information content (AvgIpc) is 3.42. The van der Waals surface area contributed by atoms with Crippen LogP contribution < -0.4 is 20.7 Å². The van der Waals surface area contributed by atoms with Crippen molar-refractivity contribution in [1.82, 2.24) is 10.6 Å². The maximum Gasteiger partial charge on any atom is 0.251 e. The van der Waals surface area contributed by atoms with Gasteiger partial charge in [-0.25, -0.2) is 8.78 Å². The van der Waals surface area contributed by atoms with Gasteiger partial charge < -0.3 is 45.9 Å². The van der Waals surface area contributed by atoms with Crippen LogP contribution >= 0.6 is 23.2 Å². The number of benzene rings is 3. The quantitative estimate of drug-likeness (QED) is 0.168. The Balaban J connectivity index is 1.52. The molecule has 3 aromatic carbocycles. The summed E-state index contributed by atoms with van der Waals surface area (Å²) in [5, 5.41) is 59.5. The zero-order valence-corrected chi connectivity index (χ0v) is 30.6. The van der Waals surface area contributed by atoms with E-state index in [0.717, 1.165) is 6.07 Å². The summed E-state index contributed by atoms with van der Waals surface area (Å²) in [6.45, 7) is 5.06. The molecule has 16 heteroatoms. The van der Waals surface area contributed by atoms with Crippen LogP contribution in [0, 0.1) is 28.4 Å². The number of ether oxygens (including phenoxy) is 2. The lowest BCUT2D eigenvalue weighted by Crippen LogP contribution is -2.64. The van der Waals surface area contributed by atoms with Crippen molar-refractivity contribution in [3.05, 3.63) is 93.0 Å². The van der Waals surface area contributed by atoms with Crippen molar-refractivity contribution in [2.45, 2.75) is 81.3 Å². The fourth-order valence-electron chi connectivity index (χ4n) is 7.19. The van der Waals surface area contributed by atoms with Gasteiger partial charge in [0.05, 0.1) is 36.5 Å². The van der Waals surface area contributed by atoms with E-state index in [2.05, 4.69) is 22.0 Å². The van der Waals surface area contributed by atoms with Crippen molar-refractivity contribution in [3.63, 3.8) is 0 Å². The van der Waals surface area contributed by atoms with Crippen molar-refractivity contribution in [1.29, 1.82) is 5.26 Å². The van der Waals surface area contributed by atoms with Gasteiger partial charge in [0.15, 0.2) is 6.29 Å². The van der Waals surface area contributed by atoms with Gasteiger partial charge >= 0.3 is 0 Å². The molecule has 0 saturated carbocycles. The van der Waals surface area contributed by atoms with E-state index in [0.29, 0.717) is 0 Å². The number of methoxy groups -OCH3 is 1. The third kappa shape index (κ3) is 7.85. The van der Waals surface area contributed by atoms with Gasteiger partial charge in [-0.15, -0.1) is 0 Å². The van der Waals surface area contributed by atoms with Gasteiger partial charge in [0, 0.05) is 28.1 Å². The Kier molecular flexibility index (Phi) is 12.0. The molecule has 12 nitrogen and oxygen atoms in total. The zero-order chi connectivity index (χ0) is 39.0. The molecule has 2 heterocycles. The van der Waals surface area contributed by atoms with Crippen molar-refractivity contribution in [3.8, 4) is 11.8 Å². The van der Waals surface area contributed by atoms with Gasteiger partial charge in [-0.05, 0) is 53.8 Å². The van der Waals surface area contributed by atoms with E-state index < -0.39 is 89.5 Å². The molecule has 2 amide bonds. The largest absolute Gasteiger partial charge is 0.495 e. The van der Waals surface area contributed by atoms with Crippen LogP contribution in [0.3, 0.4) is 0 Å². The Morgan fingerprint density at radius 3 is 2.42 bits per heavy atom. The van der Waals surface area contributed by atoms with E-state index in [-0.39, 0.29) is 44.6 Å². The summed E-state index contributed by atoms with van der Waals surface area (Å²) < 4.78 is 42.5. The Labute approximate surface area is 314 Å². The molecule has 284 valence electrons. The second kappa shape index (κ2) is 15.8. The molecule has 0 radical (unpaired) electrons. The van der Waals surface area contributed by atoms with Crippen molar-refractivity contribution < 1.29 is 48.3 Å². The van der Waals surface area contributed by atoms with Crippen LogP contribution in [0.15, 0.2) is 54.6 Å². The Morgan fingerprint density at radius 1 is 1.08 bits per heavy atom. The Morgan fingerprint density at radius 2 is 1.79 bits per heavy atom.